The molecule has 108 valence electrons. The largest absolute Gasteiger partial charge is 0.399 e. The van der Waals surface area contributed by atoms with Gasteiger partial charge in [-0.25, -0.2) is 0 Å². The van der Waals surface area contributed by atoms with Crippen LogP contribution in [0.4, 0.5) is 11.4 Å². The molecule has 2 aromatic rings. The van der Waals surface area contributed by atoms with Crippen molar-refractivity contribution in [3.63, 3.8) is 0 Å². The summed E-state index contributed by atoms with van der Waals surface area (Å²) in [6, 6.07) is 11.7. The van der Waals surface area contributed by atoms with Crippen molar-refractivity contribution >= 4 is 33.2 Å². The van der Waals surface area contributed by atoms with Crippen molar-refractivity contribution in [3.8, 4) is 0 Å². The van der Waals surface area contributed by atoms with Crippen molar-refractivity contribution in [2.45, 2.75) is 13.0 Å². The predicted octanol–water partition coefficient (Wildman–Crippen LogP) is 2.69. The molecule has 1 amide bonds. The van der Waals surface area contributed by atoms with Crippen LogP contribution in [0, 0.1) is 0 Å². The van der Waals surface area contributed by atoms with Crippen molar-refractivity contribution in [1.29, 1.82) is 0 Å². The van der Waals surface area contributed by atoms with Crippen molar-refractivity contribution in [1.82, 2.24) is 0 Å². The van der Waals surface area contributed by atoms with Crippen molar-refractivity contribution in [2.24, 2.45) is 5.73 Å². The molecule has 1 heterocycles. The van der Waals surface area contributed by atoms with Crippen molar-refractivity contribution in [2.75, 3.05) is 17.2 Å². The molecule has 21 heavy (non-hydrogen) atoms. The molecule has 0 aliphatic carbocycles. The minimum Gasteiger partial charge on any atom is -0.399 e. The smallest absolute Gasteiger partial charge is 0.251 e. The average Bonchev–Trinajstić information content (AvgIpc) is 2.45. The predicted molar refractivity (Wildman–Crippen MR) is 88.3 cm³/mol. The zero-order chi connectivity index (χ0) is 15.0. The van der Waals surface area contributed by atoms with E-state index in [-0.39, 0.29) is 0 Å². The zero-order valence-electron chi connectivity index (χ0n) is 11.5. The van der Waals surface area contributed by atoms with E-state index in [2.05, 4.69) is 26.9 Å². The quantitative estimate of drug-likeness (QED) is 0.822. The fourth-order valence-electron chi connectivity index (χ4n) is 2.80. The number of nitrogens with two attached hydrogens (primary N) is 2. The molecule has 0 spiro atoms. The summed E-state index contributed by atoms with van der Waals surface area (Å²) in [5, 5.41) is 0. The van der Waals surface area contributed by atoms with Gasteiger partial charge in [0.05, 0.1) is 11.3 Å². The van der Waals surface area contributed by atoms with Crippen LogP contribution in [0.1, 0.15) is 21.5 Å². The summed E-state index contributed by atoms with van der Waals surface area (Å²) < 4.78 is 0.728. The highest BCUT2D eigenvalue weighted by Gasteiger charge is 2.21. The van der Waals surface area contributed by atoms with Gasteiger partial charge in [-0.3, -0.25) is 4.79 Å². The van der Waals surface area contributed by atoms with Crippen LogP contribution in [-0.4, -0.2) is 12.5 Å². The van der Waals surface area contributed by atoms with Gasteiger partial charge >= 0.3 is 0 Å². The van der Waals surface area contributed by atoms with Crippen LogP contribution >= 0.6 is 15.9 Å². The average molecular weight is 346 g/mol. The highest BCUT2D eigenvalue weighted by molar-refractivity contribution is 9.10. The molecular weight excluding hydrogens is 330 g/mol. The number of anilines is 2. The second-order valence-corrected chi connectivity index (χ2v) is 6.05. The first-order valence-electron chi connectivity index (χ1n) is 6.77. The van der Waals surface area contributed by atoms with Gasteiger partial charge in [-0.2, -0.15) is 0 Å². The van der Waals surface area contributed by atoms with Crippen LogP contribution in [0.25, 0.3) is 0 Å². The Balaban J connectivity index is 2.00. The topological polar surface area (TPSA) is 72.4 Å². The van der Waals surface area contributed by atoms with E-state index >= 15 is 0 Å². The number of halogens is 1. The molecule has 0 atom stereocenters. The summed E-state index contributed by atoms with van der Waals surface area (Å²) in [6.45, 7) is 1.59. The number of rotatable bonds is 2. The number of benzene rings is 2. The Labute approximate surface area is 131 Å². The first-order chi connectivity index (χ1) is 10.1. The van der Waals surface area contributed by atoms with Gasteiger partial charge in [0, 0.05) is 23.2 Å². The molecular formula is C16H16BrN3O. The molecule has 1 aliphatic rings. The first-order valence-corrected chi connectivity index (χ1v) is 7.56. The van der Waals surface area contributed by atoms with E-state index in [4.69, 9.17) is 11.5 Å². The van der Waals surface area contributed by atoms with Gasteiger partial charge in [-0.1, -0.05) is 12.1 Å². The monoisotopic (exact) mass is 345 g/mol. The molecule has 0 aromatic heterocycles. The van der Waals surface area contributed by atoms with E-state index in [1.54, 1.807) is 0 Å². The van der Waals surface area contributed by atoms with Crippen LogP contribution < -0.4 is 16.4 Å². The third-order valence-corrected chi connectivity index (χ3v) is 4.48. The summed E-state index contributed by atoms with van der Waals surface area (Å²) >= 11 is 3.41. The van der Waals surface area contributed by atoms with Crippen molar-refractivity contribution in [3.05, 3.63) is 57.6 Å². The minimum absolute atomic E-state index is 0.421. The van der Waals surface area contributed by atoms with Gasteiger partial charge in [0.2, 0.25) is 0 Å². The van der Waals surface area contributed by atoms with Gasteiger partial charge < -0.3 is 16.4 Å². The lowest BCUT2D eigenvalue weighted by Gasteiger charge is -2.32. The van der Waals surface area contributed by atoms with E-state index < -0.39 is 5.91 Å². The highest BCUT2D eigenvalue weighted by Crippen LogP contribution is 2.31. The Morgan fingerprint density at radius 1 is 1.19 bits per heavy atom. The molecule has 0 radical (unpaired) electrons. The SMILES string of the molecule is NC(=O)c1c(Br)cccc1N1CCc2ccc(N)cc2C1. The summed E-state index contributed by atoms with van der Waals surface area (Å²) in [6.07, 6.45) is 0.931. The maximum absolute atomic E-state index is 11.7. The molecule has 4 N–H and O–H groups in total. The van der Waals surface area contributed by atoms with E-state index in [0.717, 1.165) is 35.4 Å². The maximum Gasteiger partial charge on any atom is 0.251 e. The first kappa shape index (κ1) is 13.9. The molecule has 3 rings (SSSR count). The number of hydrogen-bond donors (Lipinski definition) is 2. The second kappa shape index (κ2) is 5.41. The third kappa shape index (κ3) is 2.61. The van der Waals surface area contributed by atoms with E-state index in [1.165, 1.54) is 11.1 Å². The molecule has 0 unspecified atom stereocenters. The van der Waals surface area contributed by atoms with Gasteiger partial charge in [-0.05, 0) is 57.7 Å². The van der Waals surface area contributed by atoms with Gasteiger partial charge in [0.15, 0.2) is 0 Å². The zero-order valence-corrected chi connectivity index (χ0v) is 13.1. The highest BCUT2D eigenvalue weighted by atomic mass is 79.9. The Morgan fingerprint density at radius 3 is 2.76 bits per heavy atom. The lowest BCUT2D eigenvalue weighted by Crippen LogP contribution is -2.32. The number of nitrogens with zero attached hydrogens (tertiary/aromatic N) is 1. The number of carbonyl (C=O) groups is 1. The summed E-state index contributed by atoms with van der Waals surface area (Å²) in [5.74, 6) is -0.421. The standard InChI is InChI=1S/C16H16BrN3O/c17-13-2-1-3-14(15(13)16(19)21)20-7-6-10-4-5-12(18)8-11(10)9-20/h1-5,8H,6-7,9,18H2,(H2,19,21). The summed E-state index contributed by atoms with van der Waals surface area (Å²) in [5.41, 5.74) is 16.1. The lowest BCUT2D eigenvalue weighted by atomic mass is 9.98. The Bertz CT molecular complexity index is 715. The van der Waals surface area contributed by atoms with E-state index in [1.807, 2.05) is 30.3 Å². The van der Waals surface area contributed by atoms with Crippen LogP contribution in [0.15, 0.2) is 40.9 Å². The van der Waals surface area contributed by atoms with Crippen LogP contribution in [0.3, 0.4) is 0 Å². The Hall–Kier alpha value is -2.01. The Morgan fingerprint density at radius 2 is 2.00 bits per heavy atom. The lowest BCUT2D eigenvalue weighted by molar-refractivity contribution is 0.1000. The molecule has 4 nitrogen and oxygen atoms in total. The summed E-state index contributed by atoms with van der Waals surface area (Å²) in [4.78, 5) is 13.9. The van der Waals surface area contributed by atoms with E-state index in [9.17, 15) is 4.79 Å². The van der Waals surface area contributed by atoms with Crippen LogP contribution in [-0.2, 0) is 13.0 Å². The number of carbonyl (C=O) groups excluding carboxylic acids is 1. The van der Waals surface area contributed by atoms with Crippen LogP contribution in [0.2, 0.25) is 0 Å². The molecule has 5 heteroatoms. The molecule has 2 aromatic carbocycles. The number of fused-ring (bicyclic) bond motifs is 1. The van der Waals surface area contributed by atoms with Crippen LogP contribution in [0.5, 0.6) is 0 Å². The Kier molecular flexibility index (Phi) is 3.59. The fourth-order valence-corrected chi connectivity index (χ4v) is 3.35. The normalized spacial score (nSPS) is 13.9. The number of nitrogen functional groups attached to an aromatic ring is 1. The number of amides is 1. The van der Waals surface area contributed by atoms with Gasteiger partial charge in [0.1, 0.15) is 0 Å². The third-order valence-electron chi connectivity index (χ3n) is 3.82. The molecule has 0 saturated carbocycles. The molecule has 0 bridgehead atoms. The van der Waals surface area contributed by atoms with Gasteiger partial charge in [-0.15, -0.1) is 0 Å². The molecule has 0 fully saturated rings. The second-order valence-electron chi connectivity index (χ2n) is 5.20. The molecule has 0 saturated heterocycles. The van der Waals surface area contributed by atoms with Crippen molar-refractivity contribution < 1.29 is 4.79 Å². The number of hydrogen-bond acceptors (Lipinski definition) is 3. The molecule has 1 aliphatic heterocycles. The number of primary amides is 1. The fraction of sp³-hybridized carbons (Fsp3) is 0.188. The van der Waals surface area contributed by atoms with E-state index in [0.29, 0.717) is 5.56 Å². The summed E-state index contributed by atoms with van der Waals surface area (Å²) in [7, 11) is 0. The minimum atomic E-state index is -0.421. The van der Waals surface area contributed by atoms with Gasteiger partial charge in [0.25, 0.3) is 5.91 Å². The maximum atomic E-state index is 11.7.